The molecule has 0 saturated heterocycles. The number of benzene rings is 1. The molecule has 4 rings (SSSR count). The molecule has 5 nitrogen and oxygen atoms in total. The molecule has 1 aromatic heterocycles. The van der Waals surface area contributed by atoms with Crippen LogP contribution in [0.4, 0.5) is 0 Å². The van der Waals surface area contributed by atoms with Crippen LogP contribution in [0.2, 0.25) is 0 Å². The number of nitrogens with zero attached hydrogens (tertiary/aromatic N) is 1. The summed E-state index contributed by atoms with van der Waals surface area (Å²) in [6.07, 6.45) is 8.04. The second-order valence-corrected chi connectivity index (χ2v) is 9.18. The lowest BCUT2D eigenvalue weighted by Gasteiger charge is -2.26. The molecule has 0 unspecified atom stereocenters. The first-order valence-corrected chi connectivity index (χ1v) is 11.1. The standard InChI is InChI=1S/C22H30N2O3S/c23-22(15-25)6-5-19(13-22)17-1-2-18-12-20(4-3-16(18)11-17)27-9-8-26-14-21-24-7-10-28-21/h1-2,7,10-11,19-20,25H,3-6,8-9,12-15,23H2/t19-,20-,22+/m0/s1. The van der Waals surface area contributed by atoms with Crippen molar-refractivity contribution in [1.29, 1.82) is 0 Å². The van der Waals surface area contributed by atoms with E-state index in [1.807, 2.05) is 5.38 Å². The quantitative estimate of drug-likeness (QED) is 0.663. The van der Waals surface area contributed by atoms with Gasteiger partial charge in [0.2, 0.25) is 0 Å². The molecule has 28 heavy (non-hydrogen) atoms. The largest absolute Gasteiger partial charge is 0.394 e. The lowest BCUT2D eigenvalue weighted by molar-refractivity contribution is -0.00461. The summed E-state index contributed by atoms with van der Waals surface area (Å²) in [5, 5.41) is 12.5. The van der Waals surface area contributed by atoms with Gasteiger partial charge in [-0.15, -0.1) is 11.3 Å². The molecule has 0 aliphatic heterocycles. The summed E-state index contributed by atoms with van der Waals surface area (Å²) in [6, 6.07) is 6.90. The van der Waals surface area contributed by atoms with Crippen molar-refractivity contribution in [2.45, 2.75) is 62.7 Å². The van der Waals surface area contributed by atoms with E-state index in [1.165, 1.54) is 16.7 Å². The van der Waals surface area contributed by atoms with Crippen LogP contribution in [-0.2, 0) is 28.9 Å². The molecule has 2 aromatic rings. The first-order valence-electron chi connectivity index (χ1n) is 10.2. The Morgan fingerprint density at radius 3 is 2.96 bits per heavy atom. The zero-order valence-electron chi connectivity index (χ0n) is 16.3. The molecule has 0 bridgehead atoms. The van der Waals surface area contributed by atoms with E-state index in [0.717, 1.165) is 43.5 Å². The van der Waals surface area contributed by atoms with E-state index in [-0.39, 0.29) is 18.2 Å². The van der Waals surface area contributed by atoms with Crippen molar-refractivity contribution in [3.63, 3.8) is 0 Å². The third-order valence-electron chi connectivity index (χ3n) is 6.13. The Bertz CT molecular complexity index is 767. The molecular weight excluding hydrogens is 372 g/mol. The Morgan fingerprint density at radius 1 is 1.25 bits per heavy atom. The van der Waals surface area contributed by atoms with E-state index in [0.29, 0.717) is 25.7 Å². The number of aryl methyl sites for hydroxylation is 1. The Labute approximate surface area is 170 Å². The van der Waals surface area contributed by atoms with Gasteiger partial charge in [-0.25, -0.2) is 4.98 Å². The average molecular weight is 403 g/mol. The minimum Gasteiger partial charge on any atom is -0.394 e. The minimum atomic E-state index is -0.388. The molecule has 1 heterocycles. The van der Waals surface area contributed by atoms with Crippen LogP contribution in [-0.4, -0.2) is 41.6 Å². The third kappa shape index (κ3) is 4.81. The zero-order chi connectivity index (χ0) is 19.4. The van der Waals surface area contributed by atoms with Gasteiger partial charge in [-0.3, -0.25) is 0 Å². The van der Waals surface area contributed by atoms with Crippen LogP contribution in [0.15, 0.2) is 29.8 Å². The van der Waals surface area contributed by atoms with Gasteiger partial charge >= 0.3 is 0 Å². The predicted octanol–water partition coefficient (Wildman–Crippen LogP) is 3.19. The van der Waals surface area contributed by atoms with Crippen molar-refractivity contribution in [1.82, 2.24) is 4.98 Å². The van der Waals surface area contributed by atoms with E-state index in [2.05, 4.69) is 23.2 Å². The number of aromatic nitrogens is 1. The van der Waals surface area contributed by atoms with Gasteiger partial charge in [0.1, 0.15) is 5.01 Å². The van der Waals surface area contributed by atoms with Crippen LogP contribution in [0, 0.1) is 0 Å². The summed E-state index contributed by atoms with van der Waals surface area (Å²) in [7, 11) is 0. The van der Waals surface area contributed by atoms with Crippen molar-refractivity contribution < 1.29 is 14.6 Å². The van der Waals surface area contributed by atoms with E-state index >= 15 is 0 Å². The molecule has 2 aliphatic rings. The molecule has 3 N–H and O–H groups in total. The summed E-state index contributed by atoms with van der Waals surface area (Å²) in [6.45, 7) is 1.89. The fourth-order valence-corrected chi connectivity index (χ4v) is 5.03. The Kier molecular flexibility index (Phi) is 6.43. The van der Waals surface area contributed by atoms with Gasteiger partial charge in [-0.2, -0.15) is 0 Å². The first kappa shape index (κ1) is 20.0. The van der Waals surface area contributed by atoms with Crippen molar-refractivity contribution in [2.24, 2.45) is 5.73 Å². The van der Waals surface area contributed by atoms with Gasteiger partial charge in [0, 0.05) is 17.1 Å². The summed E-state index contributed by atoms with van der Waals surface area (Å²) < 4.78 is 11.7. The van der Waals surface area contributed by atoms with Gasteiger partial charge in [0.15, 0.2) is 0 Å². The fourth-order valence-electron chi connectivity index (χ4n) is 4.48. The predicted molar refractivity (Wildman–Crippen MR) is 111 cm³/mol. The number of nitrogens with two attached hydrogens (primary N) is 1. The summed E-state index contributed by atoms with van der Waals surface area (Å²) in [4.78, 5) is 4.21. The lowest BCUT2D eigenvalue weighted by atomic mass is 9.85. The van der Waals surface area contributed by atoms with Crippen LogP contribution in [0.25, 0.3) is 0 Å². The summed E-state index contributed by atoms with van der Waals surface area (Å²) in [5.74, 6) is 0.478. The molecule has 0 radical (unpaired) electrons. The molecule has 1 aromatic carbocycles. The van der Waals surface area contributed by atoms with Gasteiger partial charge < -0.3 is 20.3 Å². The molecule has 1 saturated carbocycles. The Balaban J connectivity index is 1.24. The van der Waals surface area contributed by atoms with Crippen molar-refractivity contribution in [2.75, 3.05) is 19.8 Å². The summed E-state index contributed by atoms with van der Waals surface area (Å²) >= 11 is 1.62. The number of hydrogen-bond donors (Lipinski definition) is 2. The highest BCUT2D eigenvalue weighted by atomic mass is 32.1. The lowest BCUT2D eigenvalue weighted by Crippen LogP contribution is -2.40. The van der Waals surface area contributed by atoms with Crippen LogP contribution in [0.5, 0.6) is 0 Å². The molecule has 0 amide bonds. The highest BCUT2D eigenvalue weighted by molar-refractivity contribution is 7.09. The highest BCUT2D eigenvalue weighted by Gasteiger charge is 2.36. The molecule has 0 spiro atoms. The SMILES string of the molecule is N[C@]1(CO)CC[C@H](c2ccc3c(c2)CC[C@H](OCCOCc2nccs2)C3)C1. The van der Waals surface area contributed by atoms with Gasteiger partial charge in [-0.05, 0) is 61.1 Å². The molecule has 3 atom stereocenters. The van der Waals surface area contributed by atoms with Gasteiger partial charge in [0.25, 0.3) is 0 Å². The number of aliphatic hydroxyl groups is 1. The minimum absolute atomic E-state index is 0.0843. The first-order chi connectivity index (χ1) is 13.6. The van der Waals surface area contributed by atoms with Crippen molar-refractivity contribution in [3.8, 4) is 0 Å². The zero-order valence-corrected chi connectivity index (χ0v) is 17.1. The Hall–Kier alpha value is -1.31. The van der Waals surface area contributed by atoms with E-state index in [9.17, 15) is 5.11 Å². The average Bonchev–Trinajstić information content (AvgIpc) is 3.38. The third-order valence-corrected chi connectivity index (χ3v) is 6.89. The number of thiazole rings is 1. The van der Waals surface area contributed by atoms with Crippen LogP contribution in [0.3, 0.4) is 0 Å². The highest BCUT2D eigenvalue weighted by Crippen LogP contribution is 2.40. The smallest absolute Gasteiger partial charge is 0.118 e. The van der Waals surface area contributed by atoms with E-state index < -0.39 is 0 Å². The molecule has 2 aliphatic carbocycles. The summed E-state index contributed by atoms with van der Waals surface area (Å²) in [5.41, 5.74) is 10.1. The number of hydrogen-bond acceptors (Lipinski definition) is 6. The van der Waals surface area contributed by atoms with Gasteiger partial charge in [0.05, 0.1) is 32.5 Å². The van der Waals surface area contributed by atoms with Crippen molar-refractivity contribution in [3.05, 3.63) is 51.5 Å². The number of aliphatic hydroxyl groups excluding tert-OH is 1. The number of rotatable bonds is 8. The maximum atomic E-state index is 9.51. The Morgan fingerprint density at radius 2 is 2.18 bits per heavy atom. The van der Waals surface area contributed by atoms with Crippen LogP contribution >= 0.6 is 11.3 Å². The monoisotopic (exact) mass is 402 g/mol. The van der Waals surface area contributed by atoms with Crippen LogP contribution < -0.4 is 5.73 Å². The maximum absolute atomic E-state index is 9.51. The fraction of sp³-hybridized carbons (Fsp3) is 0.591. The van der Waals surface area contributed by atoms with E-state index in [4.69, 9.17) is 15.2 Å². The van der Waals surface area contributed by atoms with E-state index in [1.54, 1.807) is 17.5 Å². The molecular formula is C22H30N2O3S. The second kappa shape index (κ2) is 9.01. The molecule has 6 heteroatoms. The second-order valence-electron chi connectivity index (χ2n) is 8.20. The number of fused-ring (bicyclic) bond motifs is 1. The molecule has 152 valence electrons. The maximum Gasteiger partial charge on any atom is 0.118 e. The number of ether oxygens (including phenoxy) is 2. The van der Waals surface area contributed by atoms with Gasteiger partial charge in [-0.1, -0.05) is 18.2 Å². The van der Waals surface area contributed by atoms with Crippen molar-refractivity contribution >= 4 is 11.3 Å². The van der Waals surface area contributed by atoms with Crippen LogP contribution in [0.1, 0.15) is 53.3 Å². The molecule has 1 fully saturated rings. The normalized spacial score (nSPS) is 27.1. The topological polar surface area (TPSA) is 77.6 Å².